The zero-order chi connectivity index (χ0) is 8.69. The SMILES string of the molecule is C=CC=C(C)CCC=C(C)C.[CH]. The molecule has 0 aromatic rings. The van der Waals surface area contributed by atoms with E-state index in [9.17, 15) is 0 Å². The molecule has 0 amide bonds. The van der Waals surface area contributed by atoms with Crippen molar-refractivity contribution in [1.29, 1.82) is 0 Å². The van der Waals surface area contributed by atoms with Crippen molar-refractivity contribution in [3.63, 3.8) is 0 Å². The van der Waals surface area contributed by atoms with E-state index in [2.05, 4.69) is 39.5 Å². The smallest absolute Gasteiger partial charge is 0.0285 e. The fraction of sp³-hybridized carbons (Fsp3) is 0.417. The molecule has 0 aromatic carbocycles. The molecule has 67 valence electrons. The predicted molar refractivity (Wildman–Crippen MR) is 56.9 cm³/mol. The molecule has 0 aromatic heterocycles. The van der Waals surface area contributed by atoms with Gasteiger partial charge in [0.1, 0.15) is 0 Å². The van der Waals surface area contributed by atoms with Crippen molar-refractivity contribution < 1.29 is 0 Å². The van der Waals surface area contributed by atoms with E-state index in [0.29, 0.717) is 0 Å². The highest BCUT2D eigenvalue weighted by atomic mass is 13.9. The minimum absolute atomic E-state index is 0. The van der Waals surface area contributed by atoms with Gasteiger partial charge in [0, 0.05) is 0 Å². The molecule has 0 unspecified atom stereocenters. The molecule has 0 aliphatic rings. The van der Waals surface area contributed by atoms with E-state index >= 15 is 0 Å². The molecular weight excluding hydrogens is 144 g/mol. The molecule has 0 fully saturated rings. The molecular formula is C12H19. The Balaban J connectivity index is 0. The molecule has 0 heteroatoms. The van der Waals surface area contributed by atoms with Crippen LogP contribution in [0.2, 0.25) is 0 Å². The summed E-state index contributed by atoms with van der Waals surface area (Å²) in [7, 11) is 0. The molecule has 0 bridgehead atoms. The van der Waals surface area contributed by atoms with Crippen LogP contribution >= 0.6 is 0 Å². The minimum atomic E-state index is 0. The first-order valence-corrected chi connectivity index (χ1v) is 4.08. The van der Waals surface area contributed by atoms with Gasteiger partial charge in [-0.15, -0.1) is 0 Å². The van der Waals surface area contributed by atoms with E-state index in [1.165, 1.54) is 11.1 Å². The van der Waals surface area contributed by atoms with Crippen molar-refractivity contribution in [3.8, 4) is 0 Å². The molecule has 0 atom stereocenters. The summed E-state index contributed by atoms with van der Waals surface area (Å²) in [5.74, 6) is 0. The van der Waals surface area contributed by atoms with E-state index in [4.69, 9.17) is 0 Å². The molecule has 0 aliphatic heterocycles. The van der Waals surface area contributed by atoms with E-state index in [-0.39, 0.29) is 7.43 Å². The van der Waals surface area contributed by atoms with Gasteiger partial charge in [0.25, 0.3) is 0 Å². The Morgan fingerprint density at radius 2 is 1.83 bits per heavy atom. The number of rotatable bonds is 4. The van der Waals surface area contributed by atoms with Crippen LogP contribution in [0, 0.1) is 7.43 Å². The lowest BCUT2D eigenvalue weighted by molar-refractivity contribution is 0.967. The molecule has 0 aliphatic carbocycles. The standard InChI is InChI=1S/C11H18.CH/c1-5-7-11(4)9-6-8-10(2)3;/h5,7-8H,1,6,9H2,2-4H3;1H. The fourth-order valence-electron chi connectivity index (χ4n) is 0.873. The first-order chi connectivity index (χ1) is 5.16. The van der Waals surface area contributed by atoms with E-state index < -0.39 is 0 Å². The van der Waals surface area contributed by atoms with Gasteiger partial charge in [0.15, 0.2) is 0 Å². The molecule has 0 heterocycles. The quantitative estimate of drug-likeness (QED) is 0.433. The molecule has 0 N–H and O–H groups in total. The fourth-order valence-corrected chi connectivity index (χ4v) is 0.873. The molecule has 12 heavy (non-hydrogen) atoms. The molecule has 0 saturated carbocycles. The Kier molecular flexibility index (Phi) is 9.56. The second-order valence-electron chi connectivity index (χ2n) is 3.07. The van der Waals surface area contributed by atoms with Crippen LogP contribution < -0.4 is 0 Å². The second kappa shape index (κ2) is 8.32. The van der Waals surface area contributed by atoms with Gasteiger partial charge in [-0.05, 0) is 41.0 Å². The second-order valence-corrected chi connectivity index (χ2v) is 3.07. The third-order valence-corrected chi connectivity index (χ3v) is 1.49. The summed E-state index contributed by atoms with van der Waals surface area (Å²) in [6, 6.07) is 0. The maximum atomic E-state index is 3.65. The van der Waals surface area contributed by atoms with Gasteiger partial charge < -0.3 is 0 Å². The summed E-state index contributed by atoms with van der Waals surface area (Å²) in [6.45, 7) is 10.1. The normalized spacial score (nSPS) is 10.1. The largest absolute Gasteiger partial charge is 0.0991 e. The van der Waals surface area contributed by atoms with Crippen LogP contribution in [0.5, 0.6) is 0 Å². The van der Waals surface area contributed by atoms with E-state index in [1.54, 1.807) is 0 Å². The summed E-state index contributed by atoms with van der Waals surface area (Å²) in [4.78, 5) is 0. The Bertz CT molecular complexity index is 166. The monoisotopic (exact) mass is 163 g/mol. The molecule has 0 rings (SSSR count). The topological polar surface area (TPSA) is 0 Å². The highest BCUT2D eigenvalue weighted by Gasteiger charge is 1.85. The van der Waals surface area contributed by atoms with Crippen LogP contribution in [0.3, 0.4) is 0 Å². The lowest BCUT2D eigenvalue weighted by atomic mass is 10.1. The highest BCUT2D eigenvalue weighted by molar-refractivity contribution is 5.08. The van der Waals surface area contributed by atoms with Crippen LogP contribution in [0.25, 0.3) is 0 Å². The Morgan fingerprint density at radius 3 is 2.25 bits per heavy atom. The van der Waals surface area contributed by atoms with Crippen molar-refractivity contribution in [2.45, 2.75) is 33.6 Å². The third kappa shape index (κ3) is 9.22. The van der Waals surface area contributed by atoms with Crippen molar-refractivity contribution in [1.82, 2.24) is 0 Å². The first kappa shape index (κ1) is 13.8. The Labute approximate surface area is 77.7 Å². The zero-order valence-electron chi connectivity index (χ0n) is 8.43. The Hall–Kier alpha value is -0.780. The van der Waals surface area contributed by atoms with Gasteiger partial charge in [0.05, 0.1) is 0 Å². The summed E-state index contributed by atoms with van der Waals surface area (Å²) in [6.07, 6.45) is 8.48. The summed E-state index contributed by atoms with van der Waals surface area (Å²) >= 11 is 0. The Morgan fingerprint density at radius 1 is 1.25 bits per heavy atom. The number of hydrogen-bond acceptors (Lipinski definition) is 0. The average molecular weight is 163 g/mol. The molecule has 0 saturated heterocycles. The lowest BCUT2D eigenvalue weighted by Crippen LogP contribution is -1.75. The van der Waals surface area contributed by atoms with Gasteiger partial charge in [-0.2, -0.15) is 0 Å². The lowest BCUT2D eigenvalue weighted by Gasteiger charge is -1.95. The van der Waals surface area contributed by atoms with Gasteiger partial charge >= 0.3 is 0 Å². The third-order valence-electron chi connectivity index (χ3n) is 1.49. The average Bonchev–Trinajstić information content (AvgIpc) is 1.87. The van der Waals surface area contributed by atoms with Crippen LogP contribution in [-0.2, 0) is 0 Å². The van der Waals surface area contributed by atoms with Gasteiger partial charge in [-0.1, -0.05) is 36.0 Å². The summed E-state index contributed by atoms with van der Waals surface area (Å²) in [5.41, 5.74) is 2.80. The first-order valence-electron chi connectivity index (χ1n) is 4.08. The van der Waals surface area contributed by atoms with Crippen molar-refractivity contribution in [2.24, 2.45) is 0 Å². The van der Waals surface area contributed by atoms with Crippen molar-refractivity contribution in [2.75, 3.05) is 0 Å². The molecule has 0 nitrogen and oxygen atoms in total. The maximum Gasteiger partial charge on any atom is -0.0285 e. The van der Waals surface area contributed by atoms with Crippen molar-refractivity contribution >= 4 is 0 Å². The van der Waals surface area contributed by atoms with Crippen molar-refractivity contribution in [3.05, 3.63) is 43.4 Å². The highest BCUT2D eigenvalue weighted by Crippen LogP contribution is 2.05. The van der Waals surface area contributed by atoms with Gasteiger partial charge in [-0.3, -0.25) is 0 Å². The molecule has 0 spiro atoms. The van der Waals surface area contributed by atoms with Crippen LogP contribution in [0.1, 0.15) is 33.6 Å². The van der Waals surface area contributed by atoms with Crippen LogP contribution in [0.4, 0.5) is 0 Å². The van der Waals surface area contributed by atoms with Gasteiger partial charge in [-0.25, -0.2) is 0 Å². The molecule has 3 radical (unpaired) electrons. The number of allylic oxidation sites excluding steroid dienone is 5. The van der Waals surface area contributed by atoms with E-state index in [0.717, 1.165) is 12.8 Å². The van der Waals surface area contributed by atoms with E-state index in [1.807, 2.05) is 6.08 Å². The van der Waals surface area contributed by atoms with Gasteiger partial charge in [0.2, 0.25) is 0 Å². The van der Waals surface area contributed by atoms with Crippen LogP contribution in [-0.4, -0.2) is 0 Å². The van der Waals surface area contributed by atoms with Crippen LogP contribution in [0.15, 0.2) is 36.0 Å². The number of hydrogen-bond donors (Lipinski definition) is 0. The summed E-state index contributed by atoms with van der Waals surface area (Å²) < 4.78 is 0. The predicted octanol–water partition coefficient (Wildman–Crippen LogP) is 4.07. The maximum absolute atomic E-state index is 3.65. The zero-order valence-corrected chi connectivity index (χ0v) is 8.43. The minimum Gasteiger partial charge on any atom is -0.0991 e. The summed E-state index contributed by atoms with van der Waals surface area (Å²) in [5, 5.41) is 0.